The molecular weight excluding hydrogens is 493 g/mol. The van der Waals surface area contributed by atoms with E-state index in [9.17, 15) is 4.39 Å². The van der Waals surface area contributed by atoms with E-state index in [1.165, 1.54) is 36.6 Å². The van der Waals surface area contributed by atoms with Gasteiger partial charge in [0.1, 0.15) is 12.0 Å². The summed E-state index contributed by atoms with van der Waals surface area (Å²) in [6.45, 7) is 16.2. The van der Waals surface area contributed by atoms with Gasteiger partial charge in [-0.15, -0.1) is 0 Å². The van der Waals surface area contributed by atoms with Gasteiger partial charge in [0.15, 0.2) is 0 Å². The molecule has 7 heteroatoms. The van der Waals surface area contributed by atoms with Crippen LogP contribution in [0.4, 0.5) is 15.8 Å². The van der Waals surface area contributed by atoms with Gasteiger partial charge in [-0.3, -0.25) is 9.98 Å². The molecule has 0 radical (unpaired) electrons. The Kier molecular flexibility index (Phi) is 22.0. The summed E-state index contributed by atoms with van der Waals surface area (Å²) in [6, 6.07) is 14.2. The maximum Gasteiger partial charge on any atom is 0.124 e. The highest BCUT2D eigenvalue weighted by Gasteiger charge is 2.13. The molecule has 0 aliphatic rings. The number of rotatable bonds is 5. The van der Waals surface area contributed by atoms with E-state index in [1.807, 2.05) is 25.1 Å². The second-order valence-electron chi connectivity index (χ2n) is 8.16. The van der Waals surface area contributed by atoms with Crippen molar-refractivity contribution < 1.29 is 4.39 Å². The highest BCUT2D eigenvalue weighted by Crippen LogP contribution is 2.21. The smallest absolute Gasteiger partial charge is 0.124 e. The molecule has 1 unspecified atom stereocenters. The van der Waals surface area contributed by atoms with Gasteiger partial charge in [0.05, 0.1) is 5.71 Å². The fourth-order valence-corrected chi connectivity index (χ4v) is 2.76. The molecule has 0 saturated heterocycles. The molecular formula is C31H46FN5S. The standard InChI is InChI=1S/C16H17FN4.C8H11N.2C3H8.CH2S/c1-3-15(18)21-16(11-5-4-8-20-10-11)13-9-12(17)6-7-14(13)19-2;1-6-3-4-8(9)7(2)5-6;2*1-3-2;1-2/h3-10,15,19H,1,18H2,2H3;3-5H,9H2,1-2H3;2*3H2,1-2H3;1H2/b21-16-;;;;. The number of nitrogens with one attached hydrogen (secondary N) is 1. The van der Waals surface area contributed by atoms with Crippen LogP contribution >= 0.6 is 12.2 Å². The number of benzene rings is 2. The molecule has 3 aromatic rings. The first kappa shape index (κ1) is 36.7. The summed E-state index contributed by atoms with van der Waals surface area (Å²) in [6.07, 6.45) is 6.78. The van der Waals surface area contributed by atoms with E-state index < -0.39 is 6.17 Å². The SMILES string of the molecule is C=CC(N)/N=C(/c1cccnc1)c1cc(F)ccc1NC.C=S.CCC.CCC.Cc1ccc(N)c(C)c1. The van der Waals surface area contributed by atoms with Crippen molar-refractivity contribution >= 4 is 35.2 Å². The van der Waals surface area contributed by atoms with Crippen LogP contribution in [-0.4, -0.2) is 29.8 Å². The summed E-state index contributed by atoms with van der Waals surface area (Å²) >= 11 is 3.83. The molecule has 1 aromatic heterocycles. The van der Waals surface area contributed by atoms with Crippen molar-refractivity contribution in [2.75, 3.05) is 18.1 Å². The lowest BCUT2D eigenvalue weighted by Gasteiger charge is -2.14. The minimum Gasteiger partial charge on any atom is -0.399 e. The van der Waals surface area contributed by atoms with Crippen LogP contribution in [0.1, 0.15) is 62.8 Å². The Hall–Kier alpha value is -3.42. The highest BCUT2D eigenvalue weighted by atomic mass is 32.1. The fraction of sp³-hybridized carbons (Fsp3) is 0.323. The molecule has 3 rings (SSSR count). The Labute approximate surface area is 235 Å². The molecule has 38 heavy (non-hydrogen) atoms. The van der Waals surface area contributed by atoms with E-state index in [0.717, 1.165) is 22.5 Å². The molecule has 0 bridgehead atoms. The number of anilines is 2. The Morgan fingerprint density at radius 3 is 2.13 bits per heavy atom. The number of nitrogens with two attached hydrogens (primary N) is 2. The summed E-state index contributed by atoms with van der Waals surface area (Å²) < 4.78 is 13.6. The molecule has 1 atom stereocenters. The summed E-state index contributed by atoms with van der Waals surface area (Å²) in [5.41, 5.74) is 17.4. The van der Waals surface area contributed by atoms with Crippen molar-refractivity contribution in [1.29, 1.82) is 0 Å². The van der Waals surface area contributed by atoms with E-state index in [-0.39, 0.29) is 5.82 Å². The largest absolute Gasteiger partial charge is 0.399 e. The van der Waals surface area contributed by atoms with E-state index >= 15 is 0 Å². The molecule has 0 amide bonds. The lowest BCUT2D eigenvalue weighted by Crippen LogP contribution is -2.18. The Balaban J connectivity index is 0. The molecule has 0 spiro atoms. The minimum atomic E-state index is -0.576. The number of hydrogen-bond donors (Lipinski definition) is 3. The van der Waals surface area contributed by atoms with Gasteiger partial charge in [-0.05, 0) is 61.7 Å². The number of pyridine rings is 1. The van der Waals surface area contributed by atoms with Gasteiger partial charge in [0, 0.05) is 41.9 Å². The maximum absolute atomic E-state index is 13.6. The van der Waals surface area contributed by atoms with Crippen molar-refractivity contribution in [1.82, 2.24) is 4.98 Å². The van der Waals surface area contributed by atoms with Gasteiger partial charge >= 0.3 is 0 Å². The first-order chi connectivity index (χ1) is 18.2. The van der Waals surface area contributed by atoms with E-state index in [1.54, 1.807) is 31.6 Å². The number of aromatic nitrogens is 1. The average Bonchev–Trinajstić information content (AvgIpc) is 2.92. The van der Waals surface area contributed by atoms with Crippen LogP contribution in [0.3, 0.4) is 0 Å². The number of thiocarbonyl (C=S) groups is 1. The number of hydrogen-bond acceptors (Lipinski definition) is 6. The summed E-state index contributed by atoms with van der Waals surface area (Å²) in [5, 5.41) is 3.03. The second-order valence-corrected chi connectivity index (χ2v) is 8.16. The number of nitrogen functional groups attached to an aromatic ring is 1. The average molecular weight is 540 g/mol. The first-order valence-electron chi connectivity index (χ1n) is 12.6. The Morgan fingerprint density at radius 2 is 1.68 bits per heavy atom. The molecule has 2 aromatic carbocycles. The summed E-state index contributed by atoms with van der Waals surface area (Å²) in [4.78, 5) is 8.50. The third-order valence-electron chi connectivity index (χ3n) is 4.39. The minimum absolute atomic E-state index is 0.340. The van der Waals surface area contributed by atoms with Crippen LogP contribution in [0.5, 0.6) is 0 Å². The van der Waals surface area contributed by atoms with Gasteiger partial charge in [0.25, 0.3) is 0 Å². The van der Waals surface area contributed by atoms with Crippen LogP contribution in [0.25, 0.3) is 0 Å². The molecule has 5 N–H and O–H groups in total. The summed E-state index contributed by atoms with van der Waals surface area (Å²) in [5.74, 6) is 2.49. The summed E-state index contributed by atoms with van der Waals surface area (Å²) in [7, 11) is 1.77. The van der Waals surface area contributed by atoms with Gasteiger partial charge in [-0.1, -0.05) is 83.1 Å². The third-order valence-corrected chi connectivity index (χ3v) is 4.39. The van der Waals surface area contributed by atoms with Crippen molar-refractivity contribution in [2.45, 2.75) is 60.5 Å². The fourth-order valence-electron chi connectivity index (χ4n) is 2.76. The van der Waals surface area contributed by atoms with Crippen LogP contribution in [0, 0.1) is 19.7 Å². The van der Waals surface area contributed by atoms with E-state index in [2.05, 4.69) is 80.6 Å². The van der Waals surface area contributed by atoms with Crippen molar-refractivity contribution in [3.05, 3.63) is 102 Å². The first-order valence-corrected chi connectivity index (χ1v) is 13.2. The van der Waals surface area contributed by atoms with Crippen molar-refractivity contribution in [2.24, 2.45) is 10.7 Å². The van der Waals surface area contributed by atoms with Crippen LogP contribution in [-0.2, 0) is 0 Å². The van der Waals surface area contributed by atoms with Gasteiger partial charge in [-0.2, -0.15) is 0 Å². The van der Waals surface area contributed by atoms with Gasteiger partial charge < -0.3 is 16.8 Å². The predicted molar refractivity (Wildman–Crippen MR) is 171 cm³/mol. The molecule has 208 valence electrons. The molecule has 0 fully saturated rings. The monoisotopic (exact) mass is 539 g/mol. The van der Waals surface area contributed by atoms with Crippen molar-refractivity contribution in [3.8, 4) is 0 Å². The van der Waals surface area contributed by atoms with Crippen molar-refractivity contribution in [3.63, 3.8) is 0 Å². The van der Waals surface area contributed by atoms with Gasteiger partial charge in [-0.25, -0.2) is 4.39 Å². The quantitative estimate of drug-likeness (QED) is 0.133. The molecule has 1 heterocycles. The normalized spacial score (nSPS) is 10.4. The third kappa shape index (κ3) is 15.0. The zero-order valence-electron chi connectivity index (χ0n) is 24.1. The maximum atomic E-state index is 13.6. The molecule has 0 aliphatic heterocycles. The zero-order chi connectivity index (χ0) is 29.5. The van der Waals surface area contributed by atoms with Crippen LogP contribution < -0.4 is 16.8 Å². The highest BCUT2D eigenvalue weighted by molar-refractivity contribution is 7.77. The Morgan fingerprint density at radius 1 is 1.08 bits per heavy atom. The number of nitrogens with zero attached hydrogens (tertiary/aromatic N) is 2. The molecule has 5 nitrogen and oxygen atoms in total. The lowest BCUT2D eigenvalue weighted by atomic mass is 10.0. The number of aryl methyl sites for hydroxylation is 2. The number of aliphatic imine (C=N–C) groups is 1. The number of halogens is 1. The molecule has 0 aliphatic carbocycles. The predicted octanol–water partition coefficient (Wildman–Crippen LogP) is 7.90. The van der Waals surface area contributed by atoms with E-state index in [0.29, 0.717) is 11.3 Å². The Bertz CT molecular complexity index is 1070. The topological polar surface area (TPSA) is 89.3 Å². The molecule has 0 saturated carbocycles. The van der Waals surface area contributed by atoms with E-state index in [4.69, 9.17) is 11.5 Å². The lowest BCUT2D eigenvalue weighted by molar-refractivity contribution is 0.627. The van der Waals surface area contributed by atoms with Gasteiger partial charge in [0.2, 0.25) is 0 Å². The van der Waals surface area contributed by atoms with Crippen LogP contribution in [0.2, 0.25) is 0 Å². The second kappa shape index (κ2) is 22.8. The zero-order valence-corrected chi connectivity index (χ0v) is 24.9. The van der Waals surface area contributed by atoms with Crippen LogP contribution in [0.15, 0.2) is 78.6 Å².